The minimum Gasteiger partial charge on any atom is -0.512 e. The summed E-state index contributed by atoms with van der Waals surface area (Å²) in [4.78, 5) is 10.4. The maximum absolute atomic E-state index is 10.4. The smallest absolute Gasteiger partial charge is 0.120 e. The van der Waals surface area contributed by atoms with Crippen LogP contribution in [-0.2, 0) is 14.3 Å². The lowest BCUT2D eigenvalue weighted by Gasteiger charge is -2.01. The maximum atomic E-state index is 10.4. The number of allylic oxidation sites excluding steroid dienone is 4. The van der Waals surface area contributed by atoms with Crippen molar-refractivity contribution in [1.29, 1.82) is 0 Å². The molecule has 0 aromatic heterocycles. The van der Waals surface area contributed by atoms with Crippen LogP contribution >= 0.6 is 0 Å². The average molecular weight is 238 g/mol. The molecule has 1 aliphatic heterocycles. The summed E-state index contributed by atoms with van der Waals surface area (Å²) in [5, 5.41) is 9.31. The number of aldehydes is 1. The summed E-state index contributed by atoms with van der Waals surface area (Å²) in [6.07, 6.45) is 7.27. The van der Waals surface area contributed by atoms with Crippen LogP contribution in [0.2, 0.25) is 0 Å². The molecule has 2 rings (SSSR count). The molecule has 17 heavy (non-hydrogen) atoms. The normalized spacial score (nSPS) is 21.8. The predicted molar refractivity (Wildman–Crippen MR) is 64.6 cm³/mol. The Morgan fingerprint density at radius 1 is 1.53 bits per heavy atom. The number of hydrogen-bond donors (Lipinski definition) is 1. The molecular weight excluding hydrogens is 220 g/mol. The first-order chi connectivity index (χ1) is 8.22. The average Bonchev–Trinajstić information content (AvgIpc) is 2.58. The Hall–Kier alpha value is -1.55. The number of aliphatic hydroxyl groups is 1. The Morgan fingerprint density at radius 2 is 2.24 bits per heavy atom. The van der Waals surface area contributed by atoms with Crippen molar-refractivity contribution in [3.63, 3.8) is 0 Å². The van der Waals surface area contributed by atoms with Gasteiger partial charge in [0, 0.05) is 38.6 Å². The molecule has 1 aliphatic carbocycles. The zero-order chi connectivity index (χ0) is 12.7. The standard InChI is InChI=1S/C11H12O3.C2H6O/c12-6-5-8-7-14-11-4-2-9(13)1-3-10(8)11;1-3-2/h1,3-4,6,8,13H,2,5,7H2;1-2H3. The highest BCUT2D eigenvalue weighted by Crippen LogP contribution is 2.33. The number of aliphatic hydroxyl groups excluding tert-OH is 1. The van der Waals surface area contributed by atoms with E-state index >= 15 is 0 Å². The molecule has 1 saturated heterocycles. The van der Waals surface area contributed by atoms with Gasteiger partial charge in [0.1, 0.15) is 12.0 Å². The number of hydrogen-bond acceptors (Lipinski definition) is 4. The van der Waals surface area contributed by atoms with Crippen LogP contribution in [-0.4, -0.2) is 32.2 Å². The largest absolute Gasteiger partial charge is 0.512 e. The van der Waals surface area contributed by atoms with E-state index in [9.17, 15) is 9.90 Å². The minimum atomic E-state index is 0.154. The van der Waals surface area contributed by atoms with E-state index in [-0.39, 0.29) is 5.92 Å². The van der Waals surface area contributed by atoms with E-state index in [1.807, 2.05) is 12.2 Å². The molecule has 1 heterocycles. The minimum absolute atomic E-state index is 0.154. The molecule has 0 aromatic carbocycles. The van der Waals surface area contributed by atoms with Gasteiger partial charge < -0.3 is 19.4 Å². The summed E-state index contributed by atoms with van der Waals surface area (Å²) >= 11 is 0. The van der Waals surface area contributed by atoms with Crippen molar-refractivity contribution in [3.8, 4) is 0 Å². The first kappa shape index (κ1) is 13.5. The van der Waals surface area contributed by atoms with Crippen molar-refractivity contribution in [2.24, 2.45) is 5.92 Å². The molecule has 0 spiro atoms. The highest BCUT2D eigenvalue weighted by atomic mass is 16.5. The fourth-order valence-corrected chi connectivity index (χ4v) is 1.72. The van der Waals surface area contributed by atoms with Crippen molar-refractivity contribution in [1.82, 2.24) is 0 Å². The molecule has 1 atom stereocenters. The lowest BCUT2D eigenvalue weighted by Crippen LogP contribution is -2.01. The lowest BCUT2D eigenvalue weighted by atomic mass is 9.98. The summed E-state index contributed by atoms with van der Waals surface area (Å²) in [5.74, 6) is 1.30. The second kappa shape index (κ2) is 6.91. The Balaban J connectivity index is 0.000000437. The van der Waals surface area contributed by atoms with Gasteiger partial charge in [-0.05, 0) is 12.2 Å². The van der Waals surface area contributed by atoms with Crippen molar-refractivity contribution in [3.05, 3.63) is 35.3 Å². The monoisotopic (exact) mass is 238 g/mol. The van der Waals surface area contributed by atoms with E-state index in [0.29, 0.717) is 25.2 Å². The molecule has 0 amide bonds. The molecule has 0 radical (unpaired) electrons. The van der Waals surface area contributed by atoms with Crippen molar-refractivity contribution in [2.45, 2.75) is 12.8 Å². The third kappa shape index (κ3) is 3.75. The van der Waals surface area contributed by atoms with Crippen LogP contribution in [0.3, 0.4) is 0 Å². The molecule has 2 aliphatic rings. The fourth-order valence-electron chi connectivity index (χ4n) is 1.72. The molecular formula is C13H18O4. The molecule has 4 nitrogen and oxygen atoms in total. The first-order valence-electron chi connectivity index (χ1n) is 5.49. The van der Waals surface area contributed by atoms with Gasteiger partial charge in [0.2, 0.25) is 0 Å². The van der Waals surface area contributed by atoms with Crippen LogP contribution in [0.25, 0.3) is 0 Å². The van der Waals surface area contributed by atoms with Crippen LogP contribution < -0.4 is 0 Å². The third-order valence-corrected chi connectivity index (χ3v) is 2.50. The predicted octanol–water partition coefficient (Wildman–Crippen LogP) is 2.14. The van der Waals surface area contributed by atoms with E-state index in [1.165, 1.54) is 0 Å². The molecule has 4 heteroatoms. The van der Waals surface area contributed by atoms with Gasteiger partial charge in [-0.15, -0.1) is 0 Å². The van der Waals surface area contributed by atoms with Crippen LogP contribution in [0.4, 0.5) is 0 Å². The Labute approximate surface area is 101 Å². The number of fused-ring (bicyclic) bond motifs is 1. The van der Waals surface area contributed by atoms with Gasteiger partial charge in [0.05, 0.1) is 12.4 Å². The second-order valence-corrected chi connectivity index (χ2v) is 3.87. The number of carbonyl (C=O) groups excluding carboxylic acids is 1. The lowest BCUT2D eigenvalue weighted by molar-refractivity contribution is -0.108. The van der Waals surface area contributed by atoms with Crippen LogP contribution in [0.1, 0.15) is 12.8 Å². The zero-order valence-electron chi connectivity index (χ0n) is 10.2. The Bertz CT molecular complexity index is 352. The van der Waals surface area contributed by atoms with E-state index in [1.54, 1.807) is 20.3 Å². The first-order valence-corrected chi connectivity index (χ1v) is 5.49. The number of ether oxygens (including phenoxy) is 2. The third-order valence-electron chi connectivity index (χ3n) is 2.50. The van der Waals surface area contributed by atoms with Crippen molar-refractivity contribution in [2.75, 3.05) is 20.8 Å². The quantitative estimate of drug-likeness (QED) is 0.749. The topological polar surface area (TPSA) is 55.8 Å². The fraction of sp³-hybridized carbons (Fsp3) is 0.462. The van der Waals surface area contributed by atoms with Crippen molar-refractivity contribution >= 4 is 6.29 Å². The molecule has 94 valence electrons. The van der Waals surface area contributed by atoms with Crippen molar-refractivity contribution < 1.29 is 19.4 Å². The molecule has 0 saturated carbocycles. The van der Waals surface area contributed by atoms with Gasteiger partial charge in [-0.2, -0.15) is 0 Å². The SMILES string of the molecule is COC.O=CCC1COC2=CCC(O)=CC=C21. The molecule has 1 unspecified atom stereocenters. The van der Waals surface area contributed by atoms with E-state index in [2.05, 4.69) is 4.74 Å². The van der Waals surface area contributed by atoms with E-state index in [4.69, 9.17) is 4.74 Å². The Kier molecular flexibility index (Phi) is 5.49. The van der Waals surface area contributed by atoms with Gasteiger partial charge in [-0.1, -0.05) is 6.08 Å². The van der Waals surface area contributed by atoms with Crippen LogP contribution in [0.15, 0.2) is 35.3 Å². The molecule has 1 N–H and O–H groups in total. The molecule has 0 aromatic rings. The number of rotatable bonds is 2. The summed E-state index contributed by atoms with van der Waals surface area (Å²) in [6, 6.07) is 0. The van der Waals surface area contributed by atoms with Gasteiger partial charge in [0.15, 0.2) is 0 Å². The van der Waals surface area contributed by atoms with Crippen LogP contribution in [0, 0.1) is 5.92 Å². The number of carbonyl (C=O) groups is 1. The van der Waals surface area contributed by atoms with Gasteiger partial charge in [0.25, 0.3) is 0 Å². The summed E-state index contributed by atoms with van der Waals surface area (Å²) < 4.78 is 9.69. The highest BCUT2D eigenvalue weighted by Gasteiger charge is 2.27. The number of methoxy groups -OCH3 is 1. The molecule has 1 fully saturated rings. The van der Waals surface area contributed by atoms with E-state index < -0.39 is 0 Å². The maximum Gasteiger partial charge on any atom is 0.120 e. The summed E-state index contributed by atoms with van der Waals surface area (Å²) in [7, 11) is 3.25. The van der Waals surface area contributed by atoms with Gasteiger partial charge >= 0.3 is 0 Å². The Morgan fingerprint density at radius 3 is 2.88 bits per heavy atom. The molecule has 0 bridgehead atoms. The summed E-state index contributed by atoms with van der Waals surface area (Å²) in [6.45, 7) is 0.574. The van der Waals surface area contributed by atoms with Gasteiger partial charge in [-0.25, -0.2) is 0 Å². The summed E-state index contributed by atoms with van der Waals surface area (Å²) in [5.41, 5.74) is 1.03. The van der Waals surface area contributed by atoms with Gasteiger partial charge in [-0.3, -0.25) is 0 Å². The van der Waals surface area contributed by atoms with E-state index in [0.717, 1.165) is 17.6 Å². The highest BCUT2D eigenvalue weighted by molar-refractivity contribution is 5.53. The second-order valence-electron chi connectivity index (χ2n) is 3.87. The zero-order valence-corrected chi connectivity index (χ0v) is 10.2. The van der Waals surface area contributed by atoms with Crippen LogP contribution in [0.5, 0.6) is 0 Å².